The molecule has 0 saturated carbocycles. The molecule has 6 heteroatoms. The lowest BCUT2D eigenvalue weighted by molar-refractivity contribution is -0.165. The van der Waals surface area contributed by atoms with Gasteiger partial charge in [0.2, 0.25) is 0 Å². The van der Waals surface area contributed by atoms with E-state index in [1.165, 1.54) is 14.2 Å². The third kappa shape index (κ3) is 3.26. The fourth-order valence-electron chi connectivity index (χ4n) is 3.57. The molecular weight excluding hydrogens is 348 g/mol. The number of benzene rings is 2. The number of ether oxygens (including phenoxy) is 4. The molecule has 0 aromatic heterocycles. The summed E-state index contributed by atoms with van der Waals surface area (Å²) in [5, 5.41) is 11.3. The summed E-state index contributed by atoms with van der Waals surface area (Å²) in [5.41, 5.74) is -0.758. The van der Waals surface area contributed by atoms with E-state index in [-0.39, 0.29) is 13.0 Å². The van der Waals surface area contributed by atoms with Gasteiger partial charge in [-0.1, -0.05) is 23.8 Å². The molecule has 27 heavy (non-hydrogen) atoms. The predicted molar refractivity (Wildman–Crippen MR) is 98.9 cm³/mol. The highest BCUT2D eigenvalue weighted by Gasteiger charge is 2.57. The molecule has 2 atom stereocenters. The maximum Gasteiger partial charge on any atom is 0.343 e. The number of carbonyl (C=O) groups is 1. The van der Waals surface area contributed by atoms with Gasteiger partial charge in [-0.05, 0) is 36.8 Å². The van der Waals surface area contributed by atoms with Crippen LogP contribution in [-0.2, 0) is 25.5 Å². The van der Waals surface area contributed by atoms with Crippen LogP contribution >= 0.6 is 0 Å². The van der Waals surface area contributed by atoms with Gasteiger partial charge < -0.3 is 24.1 Å². The molecule has 0 radical (unpaired) electrons. The number of hydrogen-bond donors (Lipinski definition) is 1. The van der Waals surface area contributed by atoms with Gasteiger partial charge in [0.05, 0.1) is 27.9 Å². The lowest BCUT2D eigenvalue weighted by Gasteiger charge is -2.29. The quantitative estimate of drug-likeness (QED) is 0.814. The van der Waals surface area contributed by atoms with Crippen LogP contribution in [-0.4, -0.2) is 39.0 Å². The number of methoxy groups -OCH3 is 3. The highest BCUT2D eigenvalue weighted by molar-refractivity contribution is 5.83. The molecule has 1 N–H and O–H groups in total. The first kappa shape index (κ1) is 19.2. The first-order valence-corrected chi connectivity index (χ1v) is 8.63. The maximum absolute atomic E-state index is 12.8. The van der Waals surface area contributed by atoms with E-state index in [2.05, 4.69) is 0 Å². The van der Waals surface area contributed by atoms with Crippen molar-refractivity contribution in [3.05, 3.63) is 59.2 Å². The number of carbonyl (C=O) groups excluding carboxylic acids is 1. The van der Waals surface area contributed by atoms with Gasteiger partial charge in [-0.15, -0.1) is 0 Å². The van der Waals surface area contributed by atoms with E-state index in [0.29, 0.717) is 22.6 Å². The van der Waals surface area contributed by atoms with E-state index in [0.717, 1.165) is 5.56 Å². The second kappa shape index (κ2) is 7.21. The van der Waals surface area contributed by atoms with Gasteiger partial charge in [0.25, 0.3) is 0 Å². The molecule has 1 aliphatic rings. The van der Waals surface area contributed by atoms with Crippen molar-refractivity contribution in [1.29, 1.82) is 0 Å². The summed E-state index contributed by atoms with van der Waals surface area (Å²) in [6.45, 7) is 1.85. The van der Waals surface area contributed by atoms with Crippen LogP contribution in [0.4, 0.5) is 0 Å². The van der Waals surface area contributed by atoms with Gasteiger partial charge in [0.15, 0.2) is 5.60 Å². The van der Waals surface area contributed by atoms with E-state index < -0.39 is 17.2 Å². The van der Waals surface area contributed by atoms with Crippen LogP contribution < -0.4 is 9.47 Å². The average Bonchev–Trinajstić information content (AvgIpc) is 3.07. The minimum atomic E-state index is -1.47. The molecule has 2 aromatic rings. The Morgan fingerprint density at radius 2 is 1.89 bits per heavy atom. The molecule has 0 aliphatic carbocycles. The highest BCUT2D eigenvalue weighted by atomic mass is 16.6. The SMILES string of the molecule is COC(=O)C1(c2cc(C)ccc2OC)CC(O)(c2cccc(OC)c2)CO1. The molecular formula is C21H24O6. The van der Waals surface area contributed by atoms with Crippen molar-refractivity contribution in [3.63, 3.8) is 0 Å². The molecule has 1 aliphatic heterocycles. The smallest absolute Gasteiger partial charge is 0.343 e. The molecule has 1 heterocycles. The molecule has 0 amide bonds. The second-order valence-electron chi connectivity index (χ2n) is 6.75. The van der Waals surface area contributed by atoms with Crippen molar-refractivity contribution in [1.82, 2.24) is 0 Å². The standard InChI is InChI=1S/C21H24O6/c1-14-8-9-18(25-3)17(10-14)21(19(22)26-4)12-20(23,13-27-21)15-6-5-7-16(11-15)24-2/h5-11,23H,12-13H2,1-4H3. The zero-order valence-electron chi connectivity index (χ0n) is 15.9. The lowest BCUT2D eigenvalue weighted by atomic mass is 9.81. The summed E-state index contributed by atoms with van der Waals surface area (Å²) in [5.74, 6) is 0.538. The summed E-state index contributed by atoms with van der Waals surface area (Å²) in [7, 11) is 4.39. The van der Waals surface area contributed by atoms with Crippen molar-refractivity contribution in [2.24, 2.45) is 0 Å². The Morgan fingerprint density at radius 1 is 1.11 bits per heavy atom. The molecule has 1 saturated heterocycles. The molecule has 3 rings (SSSR count). The summed E-state index contributed by atoms with van der Waals surface area (Å²) in [6, 6.07) is 12.6. The zero-order chi connectivity index (χ0) is 19.7. The number of rotatable bonds is 5. The Kier molecular flexibility index (Phi) is 5.13. The Labute approximate surface area is 158 Å². The van der Waals surface area contributed by atoms with E-state index >= 15 is 0 Å². The van der Waals surface area contributed by atoms with Crippen LogP contribution in [0, 0.1) is 6.92 Å². The first-order chi connectivity index (χ1) is 12.9. The van der Waals surface area contributed by atoms with E-state index in [1.54, 1.807) is 37.4 Å². The summed E-state index contributed by atoms with van der Waals surface area (Å²) >= 11 is 0. The molecule has 2 unspecified atom stereocenters. The lowest BCUT2D eigenvalue weighted by Crippen LogP contribution is -2.38. The largest absolute Gasteiger partial charge is 0.497 e. The molecule has 6 nitrogen and oxygen atoms in total. The van der Waals surface area contributed by atoms with Gasteiger partial charge in [-0.25, -0.2) is 4.79 Å². The van der Waals surface area contributed by atoms with Gasteiger partial charge >= 0.3 is 5.97 Å². The van der Waals surface area contributed by atoms with Gasteiger partial charge in [0.1, 0.15) is 17.1 Å². The fraction of sp³-hybridized carbons (Fsp3) is 0.381. The molecule has 0 bridgehead atoms. The third-order valence-electron chi connectivity index (χ3n) is 5.01. The normalized spacial score (nSPS) is 24.5. The van der Waals surface area contributed by atoms with E-state index in [1.807, 2.05) is 19.1 Å². The van der Waals surface area contributed by atoms with Crippen molar-refractivity contribution >= 4 is 5.97 Å². The summed E-state index contributed by atoms with van der Waals surface area (Å²) < 4.78 is 21.7. The first-order valence-electron chi connectivity index (χ1n) is 8.63. The van der Waals surface area contributed by atoms with Crippen LogP contribution in [0.25, 0.3) is 0 Å². The Bertz CT molecular complexity index is 848. The number of hydrogen-bond acceptors (Lipinski definition) is 6. The van der Waals surface area contributed by atoms with Crippen LogP contribution in [0.3, 0.4) is 0 Å². The van der Waals surface area contributed by atoms with Crippen LogP contribution in [0.2, 0.25) is 0 Å². The number of aliphatic hydroxyl groups is 1. The fourth-order valence-corrected chi connectivity index (χ4v) is 3.57. The van der Waals surface area contributed by atoms with Crippen LogP contribution in [0.5, 0.6) is 11.5 Å². The molecule has 2 aromatic carbocycles. The second-order valence-corrected chi connectivity index (χ2v) is 6.75. The third-order valence-corrected chi connectivity index (χ3v) is 5.01. The monoisotopic (exact) mass is 372 g/mol. The van der Waals surface area contributed by atoms with Crippen molar-refractivity contribution in [2.45, 2.75) is 24.5 Å². The summed E-state index contributed by atoms with van der Waals surface area (Å²) in [4.78, 5) is 12.8. The van der Waals surface area contributed by atoms with E-state index in [9.17, 15) is 9.90 Å². The van der Waals surface area contributed by atoms with Crippen molar-refractivity contribution in [3.8, 4) is 11.5 Å². The molecule has 0 spiro atoms. The Morgan fingerprint density at radius 3 is 2.56 bits per heavy atom. The van der Waals surface area contributed by atoms with E-state index in [4.69, 9.17) is 18.9 Å². The van der Waals surface area contributed by atoms with Crippen LogP contribution in [0.15, 0.2) is 42.5 Å². The molecule has 1 fully saturated rings. The van der Waals surface area contributed by atoms with Gasteiger partial charge in [-0.3, -0.25) is 0 Å². The number of esters is 1. The van der Waals surface area contributed by atoms with Gasteiger partial charge in [-0.2, -0.15) is 0 Å². The van der Waals surface area contributed by atoms with Gasteiger partial charge in [0, 0.05) is 12.0 Å². The zero-order valence-corrected chi connectivity index (χ0v) is 15.9. The number of aryl methyl sites for hydroxylation is 1. The predicted octanol–water partition coefficient (Wildman–Crippen LogP) is 2.69. The highest BCUT2D eigenvalue weighted by Crippen LogP contribution is 2.49. The minimum absolute atomic E-state index is 0.000343. The van der Waals surface area contributed by atoms with Crippen LogP contribution in [0.1, 0.15) is 23.1 Å². The Balaban J connectivity index is 2.11. The maximum atomic E-state index is 12.8. The topological polar surface area (TPSA) is 74.2 Å². The molecule has 144 valence electrons. The minimum Gasteiger partial charge on any atom is -0.497 e. The summed E-state index contributed by atoms with van der Waals surface area (Å²) in [6.07, 6.45) is -0.000343. The van der Waals surface area contributed by atoms with Crippen molar-refractivity contribution in [2.75, 3.05) is 27.9 Å². The average molecular weight is 372 g/mol. The Hall–Kier alpha value is -2.57. The van der Waals surface area contributed by atoms with Crippen molar-refractivity contribution < 1.29 is 28.8 Å².